The molecule has 1 rings (SSSR count). The minimum atomic E-state index is 1.29. The molecule has 0 saturated heterocycles. The molecular formula is C24H42. The highest BCUT2D eigenvalue weighted by Gasteiger charge is 2.08. The van der Waals surface area contributed by atoms with Gasteiger partial charge in [-0.3, -0.25) is 0 Å². The van der Waals surface area contributed by atoms with Gasteiger partial charge in [0.2, 0.25) is 0 Å². The van der Waals surface area contributed by atoms with Crippen LogP contribution in [0.3, 0.4) is 0 Å². The molecule has 0 bridgehead atoms. The molecule has 0 nitrogen and oxygen atoms in total. The molecule has 1 aromatic rings. The largest absolute Gasteiger partial charge is 0.0654 e. The number of hydrogen-bond donors (Lipinski definition) is 0. The molecule has 0 aliphatic carbocycles. The quantitative estimate of drug-likeness (QED) is 0.285. The Balaban J connectivity index is 2.65. The predicted molar refractivity (Wildman–Crippen MR) is 110 cm³/mol. The second-order valence-electron chi connectivity index (χ2n) is 7.49. The summed E-state index contributed by atoms with van der Waals surface area (Å²) in [7, 11) is 0. The van der Waals surface area contributed by atoms with Gasteiger partial charge in [-0.2, -0.15) is 0 Å². The summed E-state index contributed by atoms with van der Waals surface area (Å²) in [5.74, 6) is 0. The van der Waals surface area contributed by atoms with Crippen LogP contribution in [-0.4, -0.2) is 0 Å². The first-order chi connectivity index (χ1) is 11.8. The van der Waals surface area contributed by atoms with Gasteiger partial charge >= 0.3 is 0 Å². The number of aryl methyl sites for hydroxylation is 2. The van der Waals surface area contributed by atoms with E-state index < -0.39 is 0 Å². The molecule has 0 amide bonds. The van der Waals surface area contributed by atoms with Crippen molar-refractivity contribution in [3.63, 3.8) is 0 Å². The van der Waals surface area contributed by atoms with E-state index in [4.69, 9.17) is 0 Å². The molecule has 0 aliphatic rings. The summed E-state index contributed by atoms with van der Waals surface area (Å²) in [4.78, 5) is 0. The van der Waals surface area contributed by atoms with Crippen LogP contribution in [-0.2, 0) is 19.3 Å². The number of benzene rings is 1. The molecule has 1 aromatic carbocycles. The van der Waals surface area contributed by atoms with Crippen LogP contribution < -0.4 is 0 Å². The standard InChI is InChI=1S/C24H42/c1-4-7-10-12-14-18-23-20-16-19-22(17-13-9-6-3)24(23)21-15-11-8-5-2/h16,19-20H,4-15,17-18,21H2,1-3H3. The van der Waals surface area contributed by atoms with E-state index in [1.807, 2.05) is 0 Å². The minimum absolute atomic E-state index is 1.29. The molecule has 0 aliphatic heterocycles. The van der Waals surface area contributed by atoms with Crippen molar-refractivity contribution in [1.82, 2.24) is 0 Å². The third kappa shape index (κ3) is 8.90. The summed E-state index contributed by atoms with van der Waals surface area (Å²) in [5, 5.41) is 0. The van der Waals surface area contributed by atoms with Crippen molar-refractivity contribution in [2.24, 2.45) is 0 Å². The molecule has 0 heteroatoms. The maximum absolute atomic E-state index is 2.41. The van der Waals surface area contributed by atoms with E-state index in [0.717, 1.165) is 0 Å². The van der Waals surface area contributed by atoms with E-state index >= 15 is 0 Å². The number of rotatable bonds is 15. The van der Waals surface area contributed by atoms with Gasteiger partial charge in [0.05, 0.1) is 0 Å². The summed E-state index contributed by atoms with van der Waals surface area (Å²) < 4.78 is 0. The van der Waals surface area contributed by atoms with Crippen LogP contribution in [0.2, 0.25) is 0 Å². The summed E-state index contributed by atoms with van der Waals surface area (Å²) in [5.41, 5.74) is 5.04. The Bertz CT molecular complexity index is 404. The lowest BCUT2D eigenvalue weighted by Gasteiger charge is -2.15. The van der Waals surface area contributed by atoms with Gasteiger partial charge in [-0.25, -0.2) is 0 Å². The van der Waals surface area contributed by atoms with E-state index in [-0.39, 0.29) is 0 Å². The van der Waals surface area contributed by atoms with Crippen LogP contribution in [0.4, 0.5) is 0 Å². The average Bonchev–Trinajstić information content (AvgIpc) is 2.60. The highest BCUT2D eigenvalue weighted by atomic mass is 14.1. The highest BCUT2D eigenvalue weighted by Crippen LogP contribution is 2.23. The topological polar surface area (TPSA) is 0 Å². The van der Waals surface area contributed by atoms with Crippen molar-refractivity contribution in [3.8, 4) is 0 Å². The van der Waals surface area contributed by atoms with Crippen molar-refractivity contribution in [1.29, 1.82) is 0 Å². The molecule has 0 heterocycles. The van der Waals surface area contributed by atoms with Gasteiger partial charge in [-0.15, -0.1) is 0 Å². The van der Waals surface area contributed by atoms with Gasteiger partial charge < -0.3 is 0 Å². The Kier molecular flexibility index (Phi) is 12.9. The first-order valence-electron chi connectivity index (χ1n) is 10.9. The second-order valence-corrected chi connectivity index (χ2v) is 7.49. The van der Waals surface area contributed by atoms with Gasteiger partial charge in [-0.1, -0.05) is 96.8 Å². The fourth-order valence-corrected chi connectivity index (χ4v) is 3.69. The number of unbranched alkanes of at least 4 members (excludes halogenated alkanes) is 9. The second kappa shape index (κ2) is 14.6. The zero-order valence-electron chi connectivity index (χ0n) is 16.8. The lowest BCUT2D eigenvalue weighted by molar-refractivity contribution is 0.625. The van der Waals surface area contributed by atoms with Crippen molar-refractivity contribution in [3.05, 3.63) is 34.9 Å². The molecule has 0 saturated carbocycles. The maximum atomic E-state index is 2.41. The van der Waals surface area contributed by atoms with E-state index in [9.17, 15) is 0 Å². The zero-order chi connectivity index (χ0) is 17.5. The smallest absolute Gasteiger partial charge is 0.0273 e. The Morgan fingerprint density at radius 1 is 0.500 bits per heavy atom. The molecule has 138 valence electrons. The minimum Gasteiger partial charge on any atom is -0.0654 e. The first kappa shape index (κ1) is 21.3. The zero-order valence-corrected chi connectivity index (χ0v) is 16.8. The molecule has 0 fully saturated rings. The Hall–Kier alpha value is -0.780. The van der Waals surface area contributed by atoms with Crippen molar-refractivity contribution >= 4 is 0 Å². The molecule has 0 atom stereocenters. The van der Waals surface area contributed by atoms with Gasteiger partial charge in [0, 0.05) is 0 Å². The van der Waals surface area contributed by atoms with Crippen LogP contribution in [0, 0.1) is 0 Å². The van der Waals surface area contributed by atoms with E-state index in [2.05, 4.69) is 39.0 Å². The van der Waals surface area contributed by atoms with Gasteiger partial charge in [-0.05, 0) is 55.2 Å². The van der Waals surface area contributed by atoms with Crippen LogP contribution in [0.15, 0.2) is 18.2 Å². The fraction of sp³-hybridized carbons (Fsp3) is 0.750. The molecule has 0 aromatic heterocycles. The van der Waals surface area contributed by atoms with E-state index in [1.54, 1.807) is 16.7 Å². The van der Waals surface area contributed by atoms with E-state index in [0.29, 0.717) is 0 Å². The lowest BCUT2D eigenvalue weighted by atomic mass is 9.90. The van der Waals surface area contributed by atoms with Crippen LogP contribution >= 0.6 is 0 Å². The van der Waals surface area contributed by atoms with Crippen molar-refractivity contribution < 1.29 is 0 Å². The fourth-order valence-electron chi connectivity index (χ4n) is 3.69. The molecular weight excluding hydrogens is 288 g/mol. The Labute approximate surface area is 152 Å². The Morgan fingerprint density at radius 2 is 0.917 bits per heavy atom. The van der Waals surface area contributed by atoms with Crippen molar-refractivity contribution in [2.75, 3.05) is 0 Å². The SMILES string of the molecule is CCCCCCCc1cccc(CCCCC)c1CCCCCC. The van der Waals surface area contributed by atoms with Gasteiger partial charge in [0.15, 0.2) is 0 Å². The molecule has 0 spiro atoms. The van der Waals surface area contributed by atoms with Crippen LogP contribution in [0.1, 0.15) is 115 Å². The molecule has 24 heavy (non-hydrogen) atoms. The highest BCUT2D eigenvalue weighted by molar-refractivity contribution is 5.36. The third-order valence-corrected chi connectivity index (χ3v) is 5.25. The van der Waals surface area contributed by atoms with Crippen LogP contribution in [0.25, 0.3) is 0 Å². The van der Waals surface area contributed by atoms with Gasteiger partial charge in [0.1, 0.15) is 0 Å². The van der Waals surface area contributed by atoms with E-state index in [1.165, 1.54) is 96.3 Å². The maximum Gasteiger partial charge on any atom is -0.0273 e. The molecule has 0 radical (unpaired) electrons. The Morgan fingerprint density at radius 3 is 1.50 bits per heavy atom. The molecule has 0 unspecified atom stereocenters. The average molecular weight is 331 g/mol. The van der Waals surface area contributed by atoms with Crippen molar-refractivity contribution in [2.45, 2.75) is 117 Å². The lowest BCUT2D eigenvalue weighted by Crippen LogP contribution is -2.02. The summed E-state index contributed by atoms with van der Waals surface area (Å²) in [6, 6.07) is 7.14. The monoisotopic (exact) mass is 330 g/mol. The first-order valence-corrected chi connectivity index (χ1v) is 10.9. The summed E-state index contributed by atoms with van der Waals surface area (Å²) in [6.45, 7) is 6.91. The normalized spacial score (nSPS) is 11.1. The van der Waals surface area contributed by atoms with Crippen LogP contribution in [0.5, 0.6) is 0 Å². The molecule has 0 N–H and O–H groups in total. The number of hydrogen-bond acceptors (Lipinski definition) is 0. The summed E-state index contributed by atoms with van der Waals surface area (Å²) in [6.07, 6.45) is 20.4. The summed E-state index contributed by atoms with van der Waals surface area (Å²) >= 11 is 0. The predicted octanol–water partition coefficient (Wildman–Crippen LogP) is 8.06. The van der Waals surface area contributed by atoms with Gasteiger partial charge in [0.25, 0.3) is 0 Å². The third-order valence-electron chi connectivity index (χ3n) is 5.25.